The van der Waals surface area contributed by atoms with Gasteiger partial charge in [-0.25, -0.2) is 0 Å². The third-order valence-electron chi connectivity index (χ3n) is 2.94. The molecule has 0 aromatic heterocycles. The zero-order valence-electron chi connectivity index (χ0n) is 9.39. The third-order valence-corrected chi connectivity index (χ3v) is 2.94. The molecule has 17 heavy (non-hydrogen) atoms. The first-order valence-electron chi connectivity index (χ1n) is 5.57. The maximum absolute atomic E-state index is 5.29. The van der Waals surface area contributed by atoms with Gasteiger partial charge in [0.25, 0.3) is 0 Å². The van der Waals surface area contributed by atoms with Gasteiger partial charge in [-0.3, -0.25) is 0 Å². The summed E-state index contributed by atoms with van der Waals surface area (Å²) in [6, 6.07) is 18.7. The van der Waals surface area contributed by atoms with E-state index in [1.165, 1.54) is 27.8 Å². The minimum absolute atomic E-state index is 0.822. The molecule has 1 heteroatoms. The van der Waals surface area contributed by atoms with E-state index in [1.807, 2.05) is 12.1 Å². The first kappa shape index (κ1) is 9.91. The lowest BCUT2D eigenvalue weighted by Gasteiger charge is -2.05. The summed E-state index contributed by atoms with van der Waals surface area (Å²) in [4.78, 5) is 0. The Hall–Kier alpha value is -2.28. The fourth-order valence-corrected chi connectivity index (χ4v) is 2.16. The largest absolute Gasteiger partial charge is 0.466 e. The minimum Gasteiger partial charge on any atom is -0.466 e. The van der Waals surface area contributed by atoms with E-state index in [1.54, 1.807) is 0 Å². The van der Waals surface area contributed by atoms with Crippen LogP contribution < -0.4 is 4.74 Å². The Labute approximate surface area is 99.9 Å². The molecule has 0 unspecified atom stereocenters. The molecule has 3 rings (SSSR count). The molecule has 3 aromatic rings. The maximum atomic E-state index is 5.29. The van der Waals surface area contributed by atoms with Gasteiger partial charge in [0.15, 0.2) is 0 Å². The Bertz CT molecular complexity index is 698. The van der Waals surface area contributed by atoms with Crippen LogP contribution in [0.25, 0.3) is 21.5 Å². The molecule has 3 aromatic carbocycles. The lowest BCUT2D eigenvalue weighted by Crippen LogP contribution is -1.82. The summed E-state index contributed by atoms with van der Waals surface area (Å²) >= 11 is 0. The number of benzene rings is 3. The Morgan fingerprint density at radius 3 is 2.47 bits per heavy atom. The summed E-state index contributed by atoms with van der Waals surface area (Å²) in [6.07, 6.45) is 1.45. The molecule has 0 bridgehead atoms. The van der Waals surface area contributed by atoms with E-state index >= 15 is 0 Å². The Morgan fingerprint density at radius 2 is 1.59 bits per heavy atom. The second-order valence-corrected chi connectivity index (χ2v) is 3.95. The van der Waals surface area contributed by atoms with Gasteiger partial charge in [0, 0.05) is 0 Å². The molecule has 0 heterocycles. The molecular weight excluding hydrogens is 208 g/mol. The van der Waals surface area contributed by atoms with Crippen molar-refractivity contribution in [3.05, 3.63) is 67.4 Å². The van der Waals surface area contributed by atoms with E-state index in [-0.39, 0.29) is 0 Å². The van der Waals surface area contributed by atoms with Crippen molar-refractivity contribution in [2.45, 2.75) is 0 Å². The fourth-order valence-electron chi connectivity index (χ4n) is 2.16. The zero-order valence-corrected chi connectivity index (χ0v) is 9.39. The van der Waals surface area contributed by atoms with Crippen LogP contribution in [0.4, 0.5) is 0 Å². The molecular formula is C16H12O. The smallest absolute Gasteiger partial charge is 0.127 e. The first-order valence-corrected chi connectivity index (χ1v) is 5.57. The van der Waals surface area contributed by atoms with Crippen LogP contribution in [0.1, 0.15) is 0 Å². The minimum atomic E-state index is 0.822. The van der Waals surface area contributed by atoms with Gasteiger partial charge in [0.05, 0.1) is 6.26 Å². The van der Waals surface area contributed by atoms with Crippen LogP contribution in [0, 0.1) is 0 Å². The lowest BCUT2D eigenvalue weighted by molar-refractivity contribution is 0.484. The van der Waals surface area contributed by atoms with Crippen LogP contribution in [-0.2, 0) is 0 Å². The van der Waals surface area contributed by atoms with Gasteiger partial charge >= 0.3 is 0 Å². The van der Waals surface area contributed by atoms with Crippen molar-refractivity contribution in [2.24, 2.45) is 0 Å². The van der Waals surface area contributed by atoms with E-state index < -0.39 is 0 Å². The molecule has 82 valence electrons. The van der Waals surface area contributed by atoms with Crippen molar-refractivity contribution >= 4 is 21.5 Å². The van der Waals surface area contributed by atoms with Gasteiger partial charge in [-0.15, -0.1) is 0 Å². The summed E-state index contributed by atoms with van der Waals surface area (Å²) in [6.45, 7) is 3.56. The predicted octanol–water partition coefficient (Wildman–Crippen LogP) is 4.52. The summed E-state index contributed by atoms with van der Waals surface area (Å²) in [7, 11) is 0. The molecule has 0 fully saturated rings. The van der Waals surface area contributed by atoms with Crippen molar-refractivity contribution < 1.29 is 4.74 Å². The molecule has 0 aliphatic heterocycles. The zero-order chi connectivity index (χ0) is 11.7. The number of fused-ring (bicyclic) bond motifs is 3. The predicted molar refractivity (Wildman–Crippen MR) is 72.3 cm³/mol. The van der Waals surface area contributed by atoms with Crippen molar-refractivity contribution in [1.29, 1.82) is 0 Å². The molecule has 0 aliphatic rings. The highest BCUT2D eigenvalue weighted by atomic mass is 16.5. The van der Waals surface area contributed by atoms with E-state index in [0.29, 0.717) is 0 Å². The van der Waals surface area contributed by atoms with Crippen molar-refractivity contribution in [3.63, 3.8) is 0 Å². The molecule has 0 N–H and O–H groups in total. The van der Waals surface area contributed by atoms with Gasteiger partial charge in [0.1, 0.15) is 5.75 Å². The quantitative estimate of drug-likeness (QED) is 0.456. The standard InChI is InChI=1S/C16H12O/c1-2-17-14-9-10-16-13(11-14)8-7-12-5-3-4-6-15(12)16/h2-11H,1H2. The number of rotatable bonds is 2. The maximum Gasteiger partial charge on any atom is 0.127 e. The second kappa shape index (κ2) is 3.95. The van der Waals surface area contributed by atoms with Crippen LogP contribution in [0.5, 0.6) is 5.75 Å². The van der Waals surface area contributed by atoms with Crippen molar-refractivity contribution in [1.82, 2.24) is 0 Å². The van der Waals surface area contributed by atoms with Gasteiger partial charge in [0.2, 0.25) is 0 Å². The van der Waals surface area contributed by atoms with Gasteiger partial charge < -0.3 is 4.74 Å². The highest BCUT2D eigenvalue weighted by molar-refractivity contribution is 6.07. The van der Waals surface area contributed by atoms with Gasteiger partial charge in [-0.05, 0) is 33.7 Å². The van der Waals surface area contributed by atoms with E-state index in [0.717, 1.165) is 5.75 Å². The van der Waals surface area contributed by atoms with E-state index in [9.17, 15) is 0 Å². The fraction of sp³-hybridized carbons (Fsp3) is 0. The SMILES string of the molecule is C=COc1ccc2c(ccc3ccccc32)c1. The topological polar surface area (TPSA) is 9.23 Å². The molecule has 0 aliphatic carbocycles. The van der Waals surface area contributed by atoms with Crippen molar-refractivity contribution in [2.75, 3.05) is 0 Å². The molecule has 0 radical (unpaired) electrons. The highest BCUT2D eigenvalue weighted by Crippen LogP contribution is 2.28. The number of hydrogen-bond acceptors (Lipinski definition) is 1. The molecule has 1 nitrogen and oxygen atoms in total. The number of hydrogen-bond donors (Lipinski definition) is 0. The van der Waals surface area contributed by atoms with E-state index in [2.05, 4.69) is 49.0 Å². The Kier molecular flexibility index (Phi) is 2.30. The number of ether oxygens (including phenoxy) is 1. The highest BCUT2D eigenvalue weighted by Gasteiger charge is 2.01. The molecule has 0 saturated carbocycles. The first-order chi connectivity index (χ1) is 8.38. The molecule has 0 amide bonds. The summed E-state index contributed by atoms with van der Waals surface area (Å²) in [5, 5.41) is 4.97. The van der Waals surface area contributed by atoms with Crippen molar-refractivity contribution in [3.8, 4) is 5.75 Å². The third kappa shape index (κ3) is 1.66. The molecule has 0 spiro atoms. The Balaban J connectivity index is 2.33. The molecule has 0 saturated heterocycles. The van der Waals surface area contributed by atoms with Crippen LogP contribution in [0.15, 0.2) is 67.4 Å². The Morgan fingerprint density at radius 1 is 0.824 bits per heavy atom. The van der Waals surface area contributed by atoms with Gasteiger partial charge in [-0.1, -0.05) is 49.0 Å². The van der Waals surface area contributed by atoms with Crippen LogP contribution in [-0.4, -0.2) is 0 Å². The summed E-state index contributed by atoms with van der Waals surface area (Å²) in [5.41, 5.74) is 0. The summed E-state index contributed by atoms with van der Waals surface area (Å²) in [5.74, 6) is 0.822. The van der Waals surface area contributed by atoms with E-state index in [4.69, 9.17) is 4.74 Å². The lowest BCUT2D eigenvalue weighted by atomic mass is 10.0. The van der Waals surface area contributed by atoms with Crippen LogP contribution >= 0.6 is 0 Å². The second-order valence-electron chi connectivity index (χ2n) is 3.95. The van der Waals surface area contributed by atoms with Crippen LogP contribution in [0.3, 0.4) is 0 Å². The molecule has 0 atom stereocenters. The average molecular weight is 220 g/mol. The van der Waals surface area contributed by atoms with Gasteiger partial charge in [-0.2, -0.15) is 0 Å². The van der Waals surface area contributed by atoms with Crippen LogP contribution in [0.2, 0.25) is 0 Å². The average Bonchev–Trinajstić information content (AvgIpc) is 2.39. The monoisotopic (exact) mass is 220 g/mol. The normalized spacial score (nSPS) is 10.6. The summed E-state index contributed by atoms with van der Waals surface area (Å²) < 4.78 is 5.29.